The van der Waals surface area contributed by atoms with Crippen molar-refractivity contribution in [1.29, 1.82) is 0 Å². The molecule has 6 nitrogen and oxygen atoms in total. The van der Waals surface area contributed by atoms with Crippen LogP contribution in [0.1, 0.15) is 29.4 Å². The van der Waals surface area contributed by atoms with Gasteiger partial charge in [-0.3, -0.25) is 4.79 Å². The molecule has 1 amide bonds. The summed E-state index contributed by atoms with van der Waals surface area (Å²) >= 11 is 9.09. The number of aliphatic imine (C=N–C) groups is 1. The molecule has 0 unspecified atom stereocenters. The number of nitrogens with two attached hydrogens (primary N) is 1. The Balaban J connectivity index is 1.99. The number of benzene rings is 1. The Morgan fingerprint density at radius 1 is 1.35 bits per heavy atom. The molecule has 0 radical (unpaired) electrons. The molecule has 31 heavy (non-hydrogen) atoms. The molecule has 0 bridgehead atoms. The van der Waals surface area contributed by atoms with Gasteiger partial charge in [0.05, 0.1) is 10.6 Å². The van der Waals surface area contributed by atoms with E-state index in [9.17, 15) is 26.7 Å². The fourth-order valence-electron chi connectivity index (χ4n) is 3.04. The number of anilines is 1. The van der Waals surface area contributed by atoms with E-state index in [1.807, 2.05) is 0 Å². The second-order valence-electron chi connectivity index (χ2n) is 6.83. The summed E-state index contributed by atoms with van der Waals surface area (Å²) in [5.74, 6) is -3.69. The summed E-state index contributed by atoms with van der Waals surface area (Å²) in [4.78, 5) is 20.1. The molecule has 0 aliphatic carbocycles. The summed E-state index contributed by atoms with van der Waals surface area (Å²) in [6, 6.07) is 2.22. The van der Waals surface area contributed by atoms with E-state index in [0.29, 0.717) is 10.5 Å². The zero-order valence-corrected chi connectivity index (χ0v) is 17.9. The first-order valence-corrected chi connectivity index (χ1v) is 9.68. The lowest BCUT2D eigenvalue weighted by Gasteiger charge is -2.36. The maximum Gasteiger partial charge on any atom is 0.425 e. The number of hydrogen-bond donors (Lipinski definition) is 2. The first kappa shape index (κ1) is 23.2. The molecule has 1 aliphatic rings. The molecular formula is C18H13BrClF5N4O2. The normalized spacial score (nSPS) is 21.3. The van der Waals surface area contributed by atoms with Gasteiger partial charge < -0.3 is 15.8 Å². The number of rotatable bonds is 3. The third kappa shape index (κ3) is 4.90. The van der Waals surface area contributed by atoms with Crippen molar-refractivity contribution >= 4 is 45.1 Å². The third-order valence-corrected chi connectivity index (χ3v) is 5.18. The fraction of sp³-hybridized carbons (Fsp3) is 0.278. The van der Waals surface area contributed by atoms with Crippen molar-refractivity contribution in [3.05, 3.63) is 56.8 Å². The third-order valence-electron chi connectivity index (χ3n) is 4.46. The Bertz CT molecular complexity index is 1080. The highest BCUT2D eigenvalue weighted by molar-refractivity contribution is 9.10. The van der Waals surface area contributed by atoms with Crippen LogP contribution in [-0.4, -0.2) is 29.2 Å². The second-order valence-corrected chi connectivity index (χ2v) is 8.16. The quantitative estimate of drug-likeness (QED) is 0.555. The van der Waals surface area contributed by atoms with Crippen molar-refractivity contribution in [2.75, 3.05) is 5.32 Å². The summed E-state index contributed by atoms with van der Waals surface area (Å²) in [6.45, 7) is 1.15. The number of alkyl halides is 3. The van der Waals surface area contributed by atoms with Crippen LogP contribution in [-0.2, 0) is 10.3 Å². The van der Waals surface area contributed by atoms with Gasteiger partial charge in [-0.25, -0.2) is 18.8 Å². The molecule has 2 heterocycles. The number of halogens is 7. The van der Waals surface area contributed by atoms with Crippen LogP contribution in [0.2, 0.25) is 5.02 Å². The van der Waals surface area contributed by atoms with Gasteiger partial charge in [0.1, 0.15) is 5.69 Å². The molecular weight excluding hydrogens is 515 g/mol. The molecule has 166 valence electrons. The molecule has 3 rings (SSSR count). The van der Waals surface area contributed by atoms with Crippen molar-refractivity contribution in [3.8, 4) is 0 Å². The van der Waals surface area contributed by atoms with E-state index < -0.39 is 53.4 Å². The van der Waals surface area contributed by atoms with Crippen LogP contribution in [0.5, 0.6) is 0 Å². The fourth-order valence-corrected chi connectivity index (χ4v) is 3.76. The molecule has 1 aromatic carbocycles. The number of amidine groups is 1. The number of amides is 1. The average Bonchev–Trinajstić information content (AvgIpc) is 2.62. The van der Waals surface area contributed by atoms with E-state index in [1.165, 1.54) is 12.3 Å². The highest BCUT2D eigenvalue weighted by atomic mass is 79.9. The van der Waals surface area contributed by atoms with Gasteiger partial charge in [0.25, 0.3) is 11.9 Å². The molecule has 3 N–H and O–H groups in total. The number of carbonyl (C=O) groups is 1. The summed E-state index contributed by atoms with van der Waals surface area (Å²) in [5.41, 5.74) is 2.46. The van der Waals surface area contributed by atoms with Crippen molar-refractivity contribution in [3.63, 3.8) is 0 Å². The summed E-state index contributed by atoms with van der Waals surface area (Å²) in [5, 5.41) is 2.28. The predicted molar refractivity (Wildman–Crippen MR) is 106 cm³/mol. The second kappa shape index (κ2) is 8.23. The monoisotopic (exact) mass is 526 g/mol. The zero-order chi connectivity index (χ0) is 23.1. The maximum absolute atomic E-state index is 14.6. The number of hydrogen-bond acceptors (Lipinski definition) is 5. The number of carbonyl (C=O) groups excluding carboxylic acids is 1. The van der Waals surface area contributed by atoms with Crippen LogP contribution in [0, 0.1) is 11.6 Å². The van der Waals surface area contributed by atoms with E-state index in [2.05, 4.69) is 36.0 Å². The van der Waals surface area contributed by atoms with Gasteiger partial charge in [-0.1, -0.05) is 11.6 Å². The van der Waals surface area contributed by atoms with Crippen molar-refractivity contribution < 1.29 is 31.5 Å². The van der Waals surface area contributed by atoms with Gasteiger partial charge in [0.2, 0.25) is 0 Å². The number of nitrogens with zero attached hydrogens (tertiary/aromatic N) is 2. The van der Waals surface area contributed by atoms with Gasteiger partial charge in [0.15, 0.2) is 17.7 Å². The van der Waals surface area contributed by atoms with E-state index in [1.54, 1.807) is 0 Å². The lowest BCUT2D eigenvalue weighted by Crippen LogP contribution is -2.46. The van der Waals surface area contributed by atoms with E-state index in [4.69, 9.17) is 17.3 Å². The largest absolute Gasteiger partial charge is 0.452 e. The van der Waals surface area contributed by atoms with Crippen LogP contribution in [0.4, 0.5) is 27.6 Å². The molecule has 2 atom stereocenters. The summed E-state index contributed by atoms with van der Waals surface area (Å²) in [7, 11) is 0. The van der Waals surface area contributed by atoms with Gasteiger partial charge >= 0.3 is 6.18 Å². The van der Waals surface area contributed by atoms with E-state index >= 15 is 0 Å². The molecule has 0 spiro atoms. The molecule has 0 fully saturated rings. The molecule has 0 saturated heterocycles. The number of aromatic nitrogens is 1. The SMILES string of the molecule is C[C@@]1(c2cc(NC(=O)c3ncc(Br)cc3Cl)cc(F)c2F)C[C@@H](C(F)(F)F)OC(N)=N1. The minimum Gasteiger partial charge on any atom is -0.452 e. The van der Waals surface area contributed by atoms with Crippen LogP contribution in [0.25, 0.3) is 0 Å². The highest BCUT2D eigenvalue weighted by Crippen LogP contribution is 2.42. The Labute approximate surface area is 185 Å². The summed E-state index contributed by atoms with van der Waals surface area (Å²) in [6.07, 6.45) is -6.74. The van der Waals surface area contributed by atoms with Crippen molar-refractivity contribution in [2.45, 2.75) is 31.2 Å². The van der Waals surface area contributed by atoms with Crippen LogP contribution < -0.4 is 11.1 Å². The summed E-state index contributed by atoms with van der Waals surface area (Å²) < 4.78 is 73.4. The number of nitrogens with one attached hydrogen (secondary N) is 1. The molecule has 0 saturated carbocycles. The Kier molecular flexibility index (Phi) is 6.16. The van der Waals surface area contributed by atoms with E-state index in [0.717, 1.165) is 13.0 Å². The first-order chi connectivity index (χ1) is 14.3. The number of ether oxygens (including phenoxy) is 1. The minimum absolute atomic E-state index is 0.0172. The first-order valence-electron chi connectivity index (χ1n) is 8.51. The van der Waals surface area contributed by atoms with E-state index in [-0.39, 0.29) is 16.4 Å². The molecule has 1 aromatic heterocycles. The smallest absolute Gasteiger partial charge is 0.425 e. The Hall–Kier alpha value is -2.47. The topological polar surface area (TPSA) is 89.6 Å². The van der Waals surface area contributed by atoms with Crippen LogP contribution >= 0.6 is 27.5 Å². The Morgan fingerprint density at radius 3 is 2.65 bits per heavy atom. The zero-order valence-electron chi connectivity index (χ0n) is 15.5. The Morgan fingerprint density at radius 2 is 2.03 bits per heavy atom. The van der Waals surface area contributed by atoms with Gasteiger partial charge in [-0.05, 0) is 35.0 Å². The standard InChI is InChI=1S/C18H13BrClF5N4O2/c1-17(5-12(18(23,24)25)31-16(26)29-17)9-3-8(4-11(21)13(9)22)28-15(30)14-10(20)2-7(19)6-27-14/h2-4,6,12H,5H2,1H3,(H2,26,29)(H,28,30)/t12-,17-/m0/s1. The maximum atomic E-state index is 14.6. The van der Waals surface area contributed by atoms with Gasteiger partial charge in [-0.2, -0.15) is 13.2 Å². The van der Waals surface area contributed by atoms with Gasteiger partial charge in [-0.15, -0.1) is 0 Å². The van der Waals surface area contributed by atoms with Crippen molar-refractivity contribution in [2.24, 2.45) is 10.7 Å². The lowest BCUT2D eigenvalue weighted by atomic mass is 9.85. The average molecular weight is 528 g/mol. The van der Waals surface area contributed by atoms with Crippen LogP contribution in [0.3, 0.4) is 0 Å². The number of pyridine rings is 1. The molecule has 13 heteroatoms. The predicted octanol–water partition coefficient (Wildman–Crippen LogP) is 4.91. The lowest BCUT2D eigenvalue weighted by molar-refractivity contribution is -0.208. The minimum atomic E-state index is -4.81. The van der Waals surface area contributed by atoms with Crippen molar-refractivity contribution in [1.82, 2.24) is 4.98 Å². The van der Waals surface area contributed by atoms with Gasteiger partial charge in [0, 0.05) is 34.4 Å². The highest BCUT2D eigenvalue weighted by Gasteiger charge is 2.50. The van der Waals surface area contributed by atoms with Crippen LogP contribution in [0.15, 0.2) is 33.9 Å². The molecule has 2 aromatic rings. The molecule has 1 aliphatic heterocycles.